The third-order valence-corrected chi connectivity index (χ3v) is 3.45. The lowest BCUT2D eigenvalue weighted by Gasteiger charge is -2.20. The molecule has 21 heavy (non-hydrogen) atoms. The van der Waals surface area contributed by atoms with Crippen LogP contribution in [-0.4, -0.2) is 10.5 Å². The molecule has 0 bridgehead atoms. The van der Waals surface area contributed by atoms with E-state index in [-0.39, 0.29) is 5.54 Å². The van der Waals surface area contributed by atoms with Crippen LogP contribution in [-0.2, 0) is 6.54 Å². The quantitative estimate of drug-likeness (QED) is 0.858. The van der Waals surface area contributed by atoms with Crippen molar-refractivity contribution in [2.24, 2.45) is 0 Å². The molecule has 4 heteroatoms. The number of ether oxygens (including phenoxy) is 1. The molecule has 0 unspecified atom stereocenters. The Bertz CT molecular complexity index is 620. The average molecular weight is 349 g/mol. The number of benzene rings is 1. The van der Waals surface area contributed by atoms with Gasteiger partial charge in [0.05, 0.1) is 5.69 Å². The van der Waals surface area contributed by atoms with E-state index >= 15 is 0 Å². The van der Waals surface area contributed by atoms with Crippen molar-refractivity contribution >= 4 is 15.9 Å². The van der Waals surface area contributed by atoms with Gasteiger partial charge in [-0.2, -0.15) is 0 Å². The van der Waals surface area contributed by atoms with E-state index in [9.17, 15) is 0 Å². The fourth-order valence-corrected chi connectivity index (χ4v) is 2.30. The van der Waals surface area contributed by atoms with Gasteiger partial charge in [0.15, 0.2) is 0 Å². The zero-order chi connectivity index (χ0) is 15.5. The molecule has 0 saturated carbocycles. The molecular formula is C17H21BrN2O. The summed E-state index contributed by atoms with van der Waals surface area (Å²) < 4.78 is 7.00. The zero-order valence-electron chi connectivity index (χ0n) is 12.9. The molecule has 3 nitrogen and oxygen atoms in total. The van der Waals surface area contributed by atoms with E-state index in [1.54, 1.807) is 6.20 Å². The van der Waals surface area contributed by atoms with Gasteiger partial charge in [0.25, 0.3) is 0 Å². The highest BCUT2D eigenvalue weighted by Crippen LogP contribution is 2.27. The van der Waals surface area contributed by atoms with Gasteiger partial charge in [-0.1, -0.05) is 15.9 Å². The molecule has 0 radical (unpaired) electrons. The van der Waals surface area contributed by atoms with Crippen molar-refractivity contribution in [3.05, 3.63) is 52.3 Å². The summed E-state index contributed by atoms with van der Waals surface area (Å²) in [5.74, 6) is 1.67. The van der Waals surface area contributed by atoms with E-state index in [4.69, 9.17) is 4.74 Å². The van der Waals surface area contributed by atoms with E-state index < -0.39 is 0 Å². The molecule has 1 aromatic heterocycles. The van der Waals surface area contributed by atoms with Crippen LogP contribution in [0.2, 0.25) is 0 Å². The fraction of sp³-hybridized carbons (Fsp3) is 0.353. The lowest BCUT2D eigenvalue weighted by molar-refractivity contribution is 0.419. The molecule has 0 fully saturated rings. The van der Waals surface area contributed by atoms with Gasteiger partial charge in [0.1, 0.15) is 11.5 Å². The van der Waals surface area contributed by atoms with Crippen LogP contribution in [0.15, 0.2) is 41.0 Å². The van der Waals surface area contributed by atoms with Crippen LogP contribution in [0.3, 0.4) is 0 Å². The molecule has 2 rings (SSSR count). The summed E-state index contributed by atoms with van der Waals surface area (Å²) in [5, 5.41) is 3.42. The van der Waals surface area contributed by atoms with Crippen LogP contribution in [0, 0.1) is 6.92 Å². The molecule has 112 valence electrons. The molecule has 0 spiro atoms. The van der Waals surface area contributed by atoms with E-state index in [1.165, 1.54) is 0 Å². The summed E-state index contributed by atoms with van der Waals surface area (Å²) in [4.78, 5) is 4.37. The third-order valence-electron chi connectivity index (χ3n) is 2.95. The summed E-state index contributed by atoms with van der Waals surface area (Å²) >= 11 is 3.46. The second kappa shape index (κ2) is 6.58. The molecule has 0 aliphatic carbocycles. The minimum atomic E-state index is 0.0703. The maximum atomic E-state index is 5.95. The standard InChI is InChI=1S/C17H21BrN2O/c1-12-9-13(18)5-6-16(12)21-15-7-8-19-14(10-15)11-20-17(2,3)4/h5-10,20H,11H2,1-4H3. The van der Waals surface area contributed by atoms with Crippen molar-refractivity contribution in [2.45, 2.75) is 39.8 Å². The largest absolute Gasteiger partial charge is 0.457 e. The summed E-state index contributed by atoms with van der Waals surface area (Å²) in [6, 6.07) is 9.83. The molecule has 0 atom stereocenters. The van der Waals surface area contributed by atoms with Crippen molar-refractivity contribution in [3.8, 4) is 11.5 Å². The second-order valence-electron chi connectivity index (χ2n) is 6.10. The van der Waals surface area contributed by atoms with Crippen molar-refractivity contribution in [1.82, 2.24) is 10.3 Å². The maximum absolute atomic E-state index is 5.95. The Morgan fingerprint density at radius 2 is 1.95 bits per heavy atom. The van der Waals surface area contributed by atoms with Crippen LogP contribution >= 0.6 is 15.9 Å². The molecule has 1 N–H and O–H groups in total. The monoisotopic (exact) mass is 348 g/mol. The van der Waals surface area contributed by atoms with Gasteiger partial charge >= 0.3 is 0 Å². The van der Waals surface area contributed by atoms with Crippen LogP contribution in [0.25, 0.3) is 0 Å². The zero-order valence-corrected chi connectivity index (χ0v) is 14.5. The molecular weight excluding hydrogens is 328 g/mol. The first-order valence-electron chi connectivity index (χ1n) is 6.97. The van der Waals surface area contributed by atoms with Gasteiger partial charge < -0.3 is 10.1 Å². The third kappa shape index (κ3) is 5.14. The van der Waals surface area contributed by atoms with Crippen LogP contribution in [0.1, 0.15) is 32.0 Å². The lowest BCUT2D eigenvalue weighted by atomic mass is 10.1. The first-order valence-corrected chi connectivity index (χ1v) is 7.77. The predicted molar refractivity (Wildman–Crippen MR) is 89.8 cm³/mol. The first-order chi connectivity index (χ1) is 9.83. The number of aromatic nitrogens is 1. The number of nitrogens with zero attached hydrogens (tertiary/aromatic N) is 1. The van der Waals surface area contributed by atoms with Gasteiger partial charge in [-0.3, -0.25) is 4.98 Å². The van der Waals surface area contributed by atoms with Crippen LogP contribution in [0.4, 0.5) is 0 Å². The van der Waals surface area contributed by atoms with Gasteiger partial charge in [-0.15, -0.1) is 0 Å². The molecule has 2 aromatic rings. The molecule has 1 aromatic carbocycles. The number of hydrogen-bond donors (Lipinski definition) is 1. The van der Waals surface area contributed by atoms with Gasteiger partial charge in [0.2, 0.25) is 0 Å². The minimum Gasteiger partial charge on any atom is -0.457 e. The highest BCUT2D eigenvalue weighted by Gasteiger charge is 2.09. The Morgan fingerprint density at radius 3 is 2.62 bits per heavy atom. The van der Waals surface area contributed by atoms with E-state index in [0.717, 1.165) is 33.8 Å². The van der Waals surface area contributed by atoms with Crippen LogP contribution in [0.5, 0.6) is 11.5 Å². The Labute approximate surface area is 134 Å². The minimum absolute atomic E-state index is 0.0703. The Hall–Kier alpha value is -1.39. The summed E-state index contributed by atoms with van der Waals surface area (Å²) in [6.07, 6.45) is 1.78. The predicted octanol–water partition coefficient (Wildman–Crippen LogP) is 4.83. The highest BCUT2D eigenvalue weighted by molar-refractivity contribution is 9.10. The maximum Gasteiger partial charge on any atom is 0.130 e. The highest BCUT2D eigenvalue weighted by atomic mass is 79.9. The SMILES string of the molecule is Cc1cc(Br)ccc1Oc1ccnc(CNC(C)(C)C)c1. The van der Waals surface area contributed by atoms with Crippen molar-refractivity contribution < 1.29 is 4.74 Å². The van der Waals surface area contributed by atoms with E-state index in [1.807, 2.05) is 37.3 Å². The second-order valence-corrected chi connectivity index (χ2v) is 7.01. The Morgan fingerprint density at radius 1 is 1.19 bits per heavy atom. The lowest BCUT2D eigenvalue weighted by Crippen LogP contribution is -2.35. The van der Waals surface area contributed by atoms with Crippen LogP contribution < -0.4 is 10.1 Å². The molecule has 1 heterocycles. The number of hydrogen-bond acceptors (Lipinski definition) is 3. The smallest absolute Gasteiger partial charge is 0.130 e. The molecule has 0 aliphatic heterocycles. The van der Waals surface area contributed by atoms with Crippen molar-refractivity contribution in [3.63, 3.8) is 0 Å². The van der Waals surface area contributed by atoms with Gasteiger partial charge in [-0.05, 0) is 57.5 Å². The number of aryl methyl sites for hydroxylation is 1. The van der Waals surface area contributed by atoms with Crippen molar-refractivity contribution in [1.29, 1.82) is 0 Å². The summed E-state index contributed by atoms with van der Waals surface area (Å²) in [5.41, 5.74) is 2.13. The first kappa shape index (κ1) is 16.0. The Kier molecular flexibility index (Phi) is 5.01. The number of rotatable bonds is 4. The normalized spacial score (nSPS) is 11.5. The molecule has 0 saturated heterocycles. The topological polar surface area (TPSA) is 34.1 Å². The number of halogens is 1. The number of pyridine rings is 1. The van der Waals surface area contributed by atoms with Crippen molar-refractivity contribution in [2.75, 3.05) is 0 Å². The van der Waals surface area contributed by atoms with E-state index in [0.29, 0.717) is 0 Å². The fourth-order valence-electron chi connectivity index (χ4n) is 1.83. The average Bonchev–Trinajstić information content (AvgIpc) is 2.39. The summed E-state index contributed by atoms with van der Waals surface area (Å²) in [6.45, 7) is 9.17. The molecule has 0 aliphatic rings. The summed E-state index contributed by atoms with van der Waals surface area (Å²) in [7, 11) is 0. The van der Waals surface area contributed by atoms with E-state index in [2.05, 4.69) is 47.0 Å². The van der Waals surface area contributed by atoms with Gasteiger partial charge in [-0.25, -0.2) is 0 Å². The van der Waals surface area contributed by atoms with Gasteiger partial charge in [0, 0.05) is 28.8 Å². The number of nitrogens with one attached hydrogen (secondary N) is 1. The Balaban J connectivity index is 2.10. The molecule has 0 amide bonds.